The van der Waals surface area contributed by atoms with Crippen LogP contribution >= 0.6 is 23.4 Å². The van der Waals surface area contributed by atoms with E-state index in [-0.39, 0.29) is 17.1 Å². The Labute approximate surface area is 167 Å². The van der Waals surface area contributed by atoms with Crippen molar-refractivity contribution in [2.75, 3.05) is 17.2 Å². The summed E-state index contributed by atoms with van der Waals surface area (Å²) in [6.45, 7) is 6.54. The van der Waals surface area contributed by atoms with Gasteiger partial charge in [0.05, 0.1) is 22.6 Å². The van der Waals surface area contributed by atoms with Gasteiger partial charge in [-0.3, -0.25) is 9.59 Å². The van der Waals surface area contributed by atoms with Crippen LogP contribution in [-0.4, -0.2) is 23.7 Å². The summed E-state index contributed by atoms with van der Waals surface area (Å²) in [5.41, 5.74) is 1.69. The molecule has 1 atom stereocenters. The molecule has 1 aliphatic rings. The van der Waals surface area contributed by atoms with E-state index in [0.29, 0.717) is 40.2 Å². The molecule has 7 heteroatoms. The predicted octanol–water partition coefficient (Wildman–Crippen LogP) is 5.06. The van der Waals surface area contributed by atoms with Crippen molar-refractivity contribution in [3.8, 4) is 5.75 Å². The molecule has 0 saturated heterocycles. The third-order valence-electron chi connectivity index (χ3n) is 3.93. The van der Waals surface area contributed by atoms with Crippen molar-refractivity contribution in [1.29, 1.82) is 0 Å². The van der Waals surface area contributed by atoms with Gasteiger partial charge < -0.3 is 15.4 Å². The number of hydrogen-bond donors (Lipinski definition) is 2. The summed E-state index contributed by atoms with van der Waals surface area (Å²) in [7, 11) is 0. The van der Waals surface area contributed by atoms with E-state index < -0.39 is 0 Å². The number of amides is 2. The largest absolute Gasteiger partial charge is 0.492 e. The molecule has 2 N–H and O–H groups in total. The number of carbonyl (C=O) groups excluding carboxylic acids is 2. The first kappa shape index (κ1) is 19.6. The van der Waals surface area contributed by atoms with Gasteiger partial charge in [0, 0.05) is 16.1 Å². The summed E-state index contributed by atoms with van der Waals surface area (Å²) in [6.07, 6.45) is 0. The molecule has 5 nitrogen and oxygen atoms in total. The van der Waals surface area contributed by atoms with Crippen LogP contribution in [0.25, 0.3) is 0 Å². The lowest BCUT2D eigenvalue weighted by Gasteiger charge is -2.21. The van der Waals surface area contributed by atoms with Crippen LogP contribution in [0.4, 0.5) is 11.4 Å². The van der Waals surface area contributed by atoms with E-state index in [4.69, 9.17) is 16.3 Å². The quantitative estimate of drug-likeness (QED) is 0.730. The smallest absolute Gasteiger partial charge is 0.255 e. The summed E-state index contributed by atoms with van der Waals surface area (Å²) < 4.78 is 5.64. The molecule has 0 saturated carbocycles. The molecule has 0 aliphatic carbocycles. The summed E-state index contributed by atoms with van der Waals surface area (Å²) >= 11 is 7.72. The minimum atomic E-state index is -0.275. The van der Waals surface area contributed by atoms with Crippen molar-refractivity contribution in [3.05, 3.63) is 47.0 Å². The maximum absolute atomic E-state index is 12.6. The van der Waals surface area contributed by atoms with Gasteiger partial charge in [-0.15, -0.1) is 11.8 Å². The number of rotatable bonds is 5. The van der Waals surface area contributed by atoms with Crippen molar-refractivity contribution < 1.29 is 14.3 Å². The number of hydrogen-bond acceptors (Lipinski definition) is 4. The lowest BCUT2D eigenvalue weighted by atomic mass is 10.1. The SMILES string of the molecule is CC(C)COc1ccc(NC(=O)c2ccc3c(c2)NC(=O)C(C)S3)cc1Cl. The molecule has 1 aliphatic heterocycles. The number of benzene rings is 2. The molecule has 2 aromatic rings. The van der Waals surface area contributed by atoms with E-state index in [2.05, 4.69) is 24.5 Å². The second-order valence-electron chi connectivity index (χ2n) is 6.76. The van der Waals surface area contributed by atoms with Gasteiger partial charge in [-0.05, 0) is 49.2 Å². The Morgan fingerprint density at radius 2 is 2.07 bits per heavy atom. The van der Waals surface area contributed by atoms with Crippen molar-refractivity contribution in [1.82, 2.24) is 0 Å². The van der Waals surface area contributed by atoms with Crippen molar-refractivity contribution in [2.24, 2.45) is 5.92 Å². The van der Waals surface area contributed by atoms with E-state index in [1.165, 1.54) is 11.8 Å². The number of carbonyl (C=O) groups is 2. The lowest BCUT2D eigenvalue weighted by molar-refractivity contribution is -0.115. The molecular formula is C20H21ClN2O3S. The Morgan fingerprint density at radius 3 is 2.78 bits per heavy atom. The second-order valence-corrected chi connectivity index (χ2v) is 8.55. The third kappa shape index (κ3) is 4.76. The fourth-order valence-electron chi connectivity index (χ4n) is 2.51. The van der Waals surface area contributed by atoms with Gasteiger partial charge >= 0.3 is 0 Å². The van der Waals surface area contributed by atoms with Crippen molar-refractivity contribution in [2.45, 2.75) is 30.9 Å². The highest BCUT2D eigenvalue weighted by Gasteiger charge is 2.23. The average Bonchev–Trinajstić information content (AvgIpc) is 2.61. The van der Waals surface area contributed by atoms with Gasteiger partial charge in [0.1, 0.15) is 5.75 Å². The fraction of sp³-hybridized carbons (Fsp3) is 0.300. The zero-order chi connectivity index (χ0) is 19.6. The Hall–Kier alpha value is -2.18. The molecule has 27 heavy (non-hydrogen) atoms. The van der Waals surface area contributed by atoms with Crippen LogP contribution < -0.4 is 15.4 Å². The molecule has 0 bridgehead atoms. The van der Waals surface area contributed by atoms with Crippen LogP contribution in [-0.2, 0) is 4.79 Å². The van der Waals surface area contributed by atoms with E-state index in [0.717, 1.165) is 4.90 Å². The maximum Gasteiger partial charge on any atom is 0.255 e. The van der Waals surface area contributed by atoms with Gasteiger partial charge in [0.2, 0.25) is 5.91 Å². The Kier molecular flexibility index (Phi) is 5.97. The first-order chi connectivity index (χ1) is 12.8. The molecular weight excluding hydrogens is 384 g/mol. The maximum atomic E-state index is 12.6. The molecule has 1 unspecified atom stereocenters. The second kappa shape index (κ2) is 8.23. The van der Waals surface area contributed by atoms with Crippen LogP contribution in [0.5, 0.6) is 5.75 Å². The van der Waals surface area contributed by atoms with Gasteiger partial charge in [0.15, 0.2) is 0 Å². The first-order valence-corrected chi connectivity index (χ1v) is 9.94. The zero-order valence-electron chi connectivity index (χ0n) is 15.3. The highest BCUT2D eigenvalue weighted by atomic mass is 35.5. The minimum absolute atomic E-state index is 0.0613. The molecule has 1 heterocycles. The van der Waals surface area contributed by atoms with Crippen LogP contribution in [0.1, 0.15) is 31.1 Å². The number of nitrogens with one attached hydrogen (secondary N) is 2. The van der Waals surface area contributed by atoms with Gasteiger partial charge in [-0.1, -0.05) is 25.4 Å². The molecule has 0 radical (unpaired) electrons. The number of fused-ring (bicyclic) bond motifs is 1. The highest BCUT2D eigenvalue weighted by molar-refractivity contribution is 8.00. The molecule has 142 valence electrons. The highest BCUT2D eigenvalue weighted by Crippen LogP contribution is 2.36. The van der Waals surface area contributed by atoms with Gasteiger partial charge in [0.25, 0.3) is 5.91 Å². The standard InChI is InChI=1S/C20H21ClN2O3S/c1-11(2)10-26-17-6-5-14(9-15(17)21)22-20(25)13-4-7-18-16(8-13)23-19(24)12(3)27-18/h4-9,11-12H,10H2,1-3H3,(H,22,25)(H,23,24). The number of halogens is 1. The number of thioether (sulfide) groups is 1. The van der Waals surface area contributed by atoms with E-state index in [1.54, 1.807) is 30.3 Å². The van der Waals surface area contributed by atoms with Crippen LogP contribution in [0.15, 0.2) is 41.3 Å². The number of ether oxygens (including phenoxy) is 1. The molecule has 0 spiro atoms. The molecule has 3 rings (SSSR count). The molecule has 0 aromatic heterocycles. The number of anilines is 2. The summed E-state index contributed by atoms with van der Waals surface area (Å²) in [4.78, 5) is 25.3. The third-order valence-corrected chi connectivity index (χ3v) is 5.41. The van der Waals surface area contributed by atoms with Gasteiger partial charge in [-0.2, -0.15) is 0 Å². The fourth-order valence-corrected chi connectivity index (χ4v) is 3.67. The lowest BCUT2D eigenvalue weighted by Crippen LogP contribution is -2.26. The molecule has 2 amide bonds. The van der Waals surface area contributed by atoms with Crippen molar-refractivity contribution >= 4 is 46.6 Å². The summed E-state index contributed by atoms with van der Waals surface area (Å²) in [5, 5.41) is 5.95. The Morgan fingerprint density at radius 1 is 1.30 bits per heavy atom. The van der Waals surface area contributed by atoms with E-state index >= 15 is 0 Å². The molecule has 0 fully saturated rings. The minimum Gasteiger partial charge on any atom is -0.492 e. The Balaban J connectivity index is 1.71. The predicted molar refractivity (Wildman–Crippen MR) is 110 cm³/mol. The summed E-state index contributed by atoms with van der Waals surface area (Å²) in [6, 6.07) is 10.4. The molecule has 2 aromatic carbocycles. The summed E-state index contributed by atoms with van der Waals surface area (Å²) in [5.74, 6) is 0.647. The van der Waals surface area contributed by atoms with Crippen LogP contribution in [0, 0.1) is 5.92 Å². The topological polar surface area (TPSA) is 67.4 Å². The van der Waals surface area contributed by atoms with Gasteiger partial charge in [-0.25, -0.2) is 0 Å². The first-order valence-electron chi connectivity index (χ1n) is 8.68. The van der Waals surface area contributed by atoms with Crippen molar-refractivity contribution in [3.63, 3.8) is 0 Å². The Bertz CT molecular complexity index is 886. The van der Waals surface area contributed by atoms with E-state index in [9.17, 15) is 9.59 Å². The van der Waals surface area contributed by atoms with Crippen LogP contribution in [0.3, 0.4) is 0 Å². The monoisotopic (exact) mass is 404 g/mol. The van der Waals surface area contributed by atoms with E-state index in [1.807, 2.05) is 13.0 Å². The zero-order valence-corrected chi connectivity index (χ0v) is 16.9. The van der Waals surface area contributed by atoms with Crippen LogP contribution in [0.2, 0.25) is 5.02 Å². The normalized spacial score (nSPS) is 15.9. The average molecular weight is 405 g/mol.